The maximum atomic E-state index is 11.2. The second-order valence-corrected chi connectivity index (χ2v) is 2.90. The fourth-order valence-electron chi connectivity index (χ4n) is 1.47. The minimum absolute atomic E-state index is 0.139. The molecule has 1 aliphatic carbocycles. The van der Waals surface area contributed by atoms with E-state index in [2.05, 4.69) is 11.2 Å². The molecule has 1 fully saturated rings. The maximum Gasteiger partial charge on any atom is 0.223 e. The minimum atomic E-state index is 0.139. The Morgan fingerprint density at radius 3 is 2.73 bits per heavy atom. The first-order chi connectivity index (χ1) is 5.34. The molecule has 0 aromatic heterocycles. The Hall–Kier alpha value is -0.970. The Balaban J connectivity index is 2.24. The summed E-state index contributed by atoms with van der Waals surface area (Å²) in [6.45, 7) is 0.370. The van der Waals surface area contributed by atoms with E-state index in [9.17, 15) is 4.79 Å². The van der Waals surface area contributed by atoms with Gasteiger partial charge in [-0.3, -0.25) is 4.79 Å². The summed E-state index contributed by atoms with van der Waals surface area (Å²) in [6.07, 6.45) is 9.46. The topological polar surface area (TPSA) is 29.1 Å². The van der Waals surface area contributed by atoms with E-state index in [1.807, 2.05) is 0 Å². The summed E-state index contributed by atoms with van der Waals surface area (Å²) in [4.78, 5) is 11.2. The fraction of sp³-hybridized carbons (Fsp3) is 0.667. The van der Waals surface area contributed by atoms with Crippen molar-refractivity contribution in [2.45, 2.75) is 25.7 Å². The first kappa shape index (κ1) is 8.13. The molecule has 2 heteroatoms. The fourth-order valence-corrected chi connectivity index (χ4v) is 1.47. The molecule has 1 amide bonds. The molecular formula is C9H13NO. The van der Waals surface area contributed by atoms with Crippen LogP contribution in [0.15, 0.2) is 0 Å². The van der Waals surface area contributed by atoms with Gasteiger partial charge in [0.2, 0.25) is 5.91 Å². The molecule has 0 aromatic carbocycles. The van der Waals surface area contributed by atoms with Crippen LogP contribution in [0.4, 0.5) is 0 Å². The molecule has 1 saturated carbocycles. The summed E-state index contributed by atoms with van der Waals surface area (Å²) >= 11 is 0. The summed E-state index contributed by atoms with van der Waals surface area (Å²) in [5.74, 6) is 2.77. The highest BCUT2D eigenvalue weighted by Gasteiger charge is 2.21. The minimum Gasteiger partial charge on any atom is -0.345 e. The van der Waals surface area contributed by atoms with Crippen molar-refractivity contribution in [2.24, 2.45) is 5.92 Å². The van der Waals surface area contributed by atoms with E-state index in [-0.39, 0.29) is 11.8 Å². The third-order valence-corrected chi connectivity index (χ3v) is 2.09. The van der Waals surface area contributed by atoms with Crippen LogP contribution < -0.4 is 5.32 Å². The van der Waals surface area contributed by atoms with Gasteiger partial charge in [-0.15, -0.1) is 6.42 Å². The zero-order chi connectivity index (χ0) is 8.10. The molecule has 1 aliphatic rings. The molecular weight excluding hydrogens is 138 g/mol. The summed E-state index contributed by atoms with van der Waals surface area (Å²) in [6, 6.07) is 0. The normalized spacial score (nSPS) is 17.7. The lowest BCUT2D eigenvalue weighted by molar-refractivity contribution is -0.124. The second kappa shape index (κ2) is 4.02. The summed E-state index contributed by atoms with van der Waals surface area (Å²) in [7, 11) is 0. The van der Waals surface area contributed by atoms with Gasteiger partial charge in [-0.25, -0.2) is 0 Å². The highest BCUT2D eigenvalue weighted by atomic mass is 16.1. The van der Waals surface area contributed by atoms with Gasteiger partial charge in [0.1, 0.15) is 0 Å². The van der Waals surface area contributed by atoms with E-state index >= 15 is 0 Å². The van der Waals surface area contributed by atoms with Crippen LogP contribution in [0.25, 0.3) is 0 Å². The molecule has 0 unspecified atom stereocenters. The van der Waals surface area contributed by atoms with Crippen molar-refractivity contribution >= 4 is 5.91 Å². The zero-order valence-electron chi connectivity index (χ0n) is 6.60. The van der Waals surface area contributed by atoms with Crippen molar-refractivity contribution in [1.82, 2.24) is 5.32 Å². The van der Waals surface area contributed by atoms with E-state index in [0.717, 1.165) is 12.8 Å². The Bertz CT molecular complexity index is 174. The number of hydrogen-bond donors (Lipinski definition) is 1. The molecule has 60 valence electrons. The predicted molar refractivity (Wildman–Crippen MR) is 43.8 cm³/mol. The van der Waals surface area contributed by atoms with Crippen LogP contribution in [0.5, 0.6) is 0 Å². The van der Waals surface area contributed by atoms with Gasteiger partial charge in [0.15, 0.2) is 0 Å². The number of carbonyl (C=O) groups excluding carboxylic acids is 1. The number of amides is 1. The van der Waals surface area contributed by atoms with Crippen molar-refractivity contribution < 1.29 is 4.79 Å². The van der Waals surface area contributed by atoms with Crippen LogP contribution in [0.1, 0.15) is 25.7 Å². The molecule has 0 radical (unpaired) electrons. The van der Waals surface area contributed by atoms with E-state index in [4.69, 9.17) is 6.42 Å². The molecule has 2 nitrogen and oxygen atoms in total. The Morgan fingerprint density at radius 1 is 1.55 bits per heavy atom. The second-order valence-electron chi connectivity index (χ2n) is 2.90. The van der Waals surface area contributed by atoms with Crippen LogP contribution in [-0.4, -0.2) is 12.5 Å². The SMILES string of the molecule is C#CCNC(=O)C1CCCC1. The lowest BCUT2D eigenvalue weighted by Crippen LogP contribution is -2.29. The van der Waals surface area contributed by atoms with Crippen LogP contribution in [0, 0.1) is 18.3 Å². The number of hydrogen-bond acceptors (Lipinski definition) is 1. The monoisotopic (exact) mass is 151 g/mol. The van der Waals surface area contributed by atoms with Crippen molar-refractivity contribution in [1.29, 1.82) is 0 Å². The van der Waals surface area contributed by atoms with Gasteiger partial charge >= 0.3 is 0 Å². The average Bonchev–Trinajstić information content (AvgIpc) is 2.52. The lowest BCUT2D eigenvalue weighted by Gasteiger charge is -2.06. The molecule has 0 bridgehead atoms. The molecule has 0 heterocycles. The molecule has 11 heavy (non-hydrogen) atoms. The summed E-state index contributed by atoms with van der Waals surface area (Å²) < 4.78 is 0. The van der Waals surface area contributed by atoms with E-state index in [1.165, 1.54) is 12.8 Å². The quantitative estimate of drug-likeness (QED) is 0.584. The highest BCUT2D eigenvalue weighted by Crippen LogP contribution is 2.24. The van der Waals surface area contributed by atoms with Gasteiger partial charge in [-0.1, -0.05) is 18.8 Å². The molecule has 0 aliphatic heterocycles. The highest BCUT2D eigenvalue weighted by molar-refractivity contribution is 5.79. The van der Waals surface area contributed by atoms with Crippen molar-refractivity contribution in [3.8, 4) is 12.3 Å². The standard InChI is InChI=1S/C9H13NO/c1-2-7-10-9(11)8-5-3-4-6-8/h1,8H,3-7H2,(H,10,11). The number of carbonyl (C=O) groups is 1. The number of nitrogens with one attached hydrogen (secondary N) is 1. The van der Waals surface area contributed by atoms with Gasteiger partial charge in [0.25, 0.3) is 0 Å². The molecule has 1 N–H and O–H groups in total. The van der Waals surface area contributed by atoms with E-state index < -0.39 is 0 Å². The number of rotatable bonds is 2. The average molecular weight is 151 g/mol. The largest absolute Gasteiger partial charge is 0.345 e. The zero-order valence-corrected chi connectivity index (χ0v) is 6.60. The Morgan fingerprint density at radius 2 is 2.18 bits per heavy atom. The maximum absolute atomic E-state index is 11.2. The molecule has 0 spiro atoms. The van der Waals surface area contributed by atoms with Gasteiger partial charge in [-0.05, 0) is 12.8 Å². The van der Waals surface area contributed by atoms with Gasteiger partial charge in [0, 0.05) is 5.92 Å². The van der Waals surface area contributed by atoms with Gasteiger partial charge < -0.3 is 5.32 Å². The van der Waals surface area contributed by atoms with Gasteiger partial charge in [-0.2, -0.15) is 0 Å². The van der Waals surface area contributed by atoms with Crippen LogP contribution in [0.2, 0.25) is 0 Å². The molecule has 1 rings (SSSR count). The third kappa shape index (κ3) is 2.27. The smallest absolute Gasteiger partial charge is 0.223 e. The van der Waals surface area contributed by atoms with Crippen LogP contribution in [0.3, 0.4) is 0 Å². The summed E-state index contributed by atoms with van der Waals surface area (Å²) in [5.41, 5.74) is 0. The van der Waals surface area contributed by atoms with Crippen molar-refractivity contribution in [3.63, 3.8) is 0 Å². The molecule has 0 atom stereocenters. The van der Waals surface area contributed by atoms with E-state index in [0.29, 0.717) is 6.54 Å². The predicted octanol–water partition coefficient (Wildman–Crippen LogP) is 0.926. The van der Waals surface area contributed by atoms with E-state index in [1.54, 1.807) is 0 Å². The molecule has 0 saturated heterocycles. The van der Waals surface area contributed by atoms with Crippen LogP contribution >= 0.6 is 0 Å². The number of terminal acetylenes is 1. The van der Waals surface area contributed by atoms with Crippen molar-refractivity contribution in [3.05, 3.63) is 0 Å². The first-order valence-corrected chi connectivity index (χ1v) is 4.06. The lowest BCUT2D eigenvalue weighted by atomic mass is 10.1. The summed E-state index contributed by atoms with van der Waals surface area (Å²) in [5, 5.41) is 2.70. The van der Waals surface area contributed by atoms with Gasteiger partial charge in [0.05, 0.1) is 6.54 Å². The Kier molecular flexibility index (Phi) is 2.97. The van der Waals surface area contributed by atoms with Crippen molar-refractivity contribution in [2.75, 3.05) is 6.54 Å². The molecule has 0 aromatic rings. The van der Waals surface area contributed by atoms with Crippen LogP contribution in [-0.2, 0) is 4.79 Å². The third-order valence-electron chi connectivity index (χ3n) is 2.09. The Labute approximate surface area is 67.4 Å². The first-order valence-electron chi connectivity index (χ1n) is 4.06.